The molecule has 0 aliphatic rings. The first kappa shape index (κ1) is 17.9. The molecule has 23 heavy (non-hydrogen) atoms. The van der Waals surface area contributed by atoms with Crippen LogP contribution in [0.15, 0.2) is 48.5 Å². The minimum absolute atomic E-state index is 0.413. The van der Waals surface area contributed by atoms with Crippen molar-refractivity contribution in [2.45, 2.75) is 11.5 Å². The Morgan fingerprint density at radius 3 is 1.30 bits per heavy atom. The van der Waals surface area contributed by atoms with Gasteiger partial charge in [0.05, 0.1) is 0 Å². The Morgan fingerprint density at radius 2 is 1.04 bits per heavy atom. The van der Waals surface area contributed by atoms with Crippen LogP contribution in [0.3, 0.4) is 0 Å². The van der Waals surface area contributed by atoms with E-state index in [4.69, 9.17) is 32.7 Å². The number of ether oxygens (including phenoxy) is 2. The molecule has 0 heterocycles. The van der Waals surface area contributed by atoms with Crippen LogP contribution in [-0.2, 0) is 0 Å². The van der Waals surface area contributed by atoms with Crippen molar-refractivity contribution in [3.8, 4) is 11.5 Å². The molecular formula is C16H14Cl2GeO4. The molecule has 0 bridgehead atoms. The van der Waals surface area contributed by atoms with E-state index in [1.165, 1.54) is 8.79 Å². The van der Waals surface area contributed by atoms with Crippen molar-refractivity contribution in [3.63, 3.8) is 0 Å². The summed E-state index contributed by atoms with van der Waals surface area (Å²) < 4.78 is 12.1. The van der Waals surface area contributed by atoms with Crippen molar-refractivity contribution in [3.05, 3.63) is 48.5 Å². The summed E-state index contributed by atoms with van der Waals surface area (Å²) >= 11 is 7.89. The second-order valence-electron chi connectivity index (χ2n) is 5.35. The summed E-state index contributed by atoms with van der Waals surface area (Å²) in [4.78, 5) is 21.5. The molecule has 0 amide bonds. The third-order valence-corrected chi connectivity index (χ3v) is 11.2. The topological polar surface area (TPSA) is 52.6 Å². The van der Waals surface area contributed by atoms with Gasteiger partial charge in [-0.2, -0.15) is 0 Å². The molecule has 120 valence electrons. The van der Waals surface area contributed by atoms with Gasteiger partial charge in [-0.25, -0.2) is 0 Å². The number of halogens is 2. The van der Waals surface area contributed by atoms with E-state index in [0.717, 1.165) is 0 Å². The van der Waals surface area contributed by atoms with Crippen LogP contribution in [0.25, 0.3) is 0 Å². The fraction of sp³-hybridized carbons (Fsp3) is 0.125. The van der Waals surface area contributed by atoms with Gasteiger partial charge in [-0.1, -0.05) is 0 Å². The van der Waals surface area contributed by atoms with Crippen LogP contribution in [-0.4, -0.2) is 24.1 Å². The van der Waals surface area contributed by atoms with Gasteiger partial charge in [0.15, 0.2) is 0 Å². The third kappa shape index (κ3) is 4.73. The summed E-state index contributed by atoms with van der Waals surface area (Å²) in [5.41, 5.74) is -1.72. The van der Waals surface area contributed by atoms with Crippen LogP contribution in [0.1, 0.15) is 0 Å². The van der Waals surface area contributed by atoms with Crippen LogP contribution in [0.4, 0.5) is 9.59 Å². The summed E-state index contributed by atoms with van der Waals surface area (Å²) in [5, 5.41) is 0. The molecule has 4 nitrogen and oxygen atoms in total. The number of hydrogen-bond acceptors (Lipinski definition) is 4. The molecule has 0 unspecified atom stereocenters. The van der Waals surface area contributed by atoms with Gasteiger partial charge >= 0.3 is 147 Å². The number of rotatable bonds is 4. The molecule has 2 aromatic carbocycles. The first-order valence-electron chi connectivity index (χ1n) is 6.75. The molecule has 0 saturated carbocycles. The van der Waals surface area contributed by atoms with E-state index in [2.05, 4.69) is 11.5 Å². The summed E-state index contributed by atoms with van der Waals surface area (Å²) in [5.74, 6) is 5.31. The summed E-state index contributed by atoms with van der Waals surface area (Å²) in [6.07, 6.45) is 0. The monoisotopic (exact) mass is 414 g/mol. The minimum atomic E-state index is -2.50. The predicted octanol–water partition coefficient (Wildman–Crippen LogP) is 3.98. The first-order valence-corrected chi connectivity index (χ1v) is 13.8. The Morgan fingerprint density at radius 1 is 0.739 bits per heavy atom. The SMILES string of the molecule is [CH3][Ge]([CH3])([c]1ccc(OC(=O)Cl)cc1)[c]1ccc(OC(=O)Cl)cc1. The fourth-order valence-corrected chi connectivity index (χ4v) is 7.30. The van der Waals surface area contributed by atoms with Crippen molar-refractivity contribution >= 4 is 56.1 Å². The van der Waals surface area contributed by atoms with E-state index >= 15 is 0 Å². The van der Waals surface area contributed by atoms with Gasteiger partial charge in [-0.05, 0) is 0 Å². The van der Waals surface area contributed by atoms with Gasteiger partial charge in [0.1, 0.15) is 0 Å². The van der Waals surface area contributed by atoms with Crippen molar-refractivity contribution in [2.75, 3.05) is 0 Å². The second kappa shape index (κ2) is 7.38. The maximum atomic E-state index is 10.7. The summed E-state index contributed by atoms with van der Waals surface area (Å²) in [6.45, 7) is 0. The van der Waals surface area contributed by atoms with Gasteiger partial charge in [-0.3, -0.25) is 0 Å². The summed E-state index contributed by atoms with van der Waals surface area (Å²) in [7, 11) is 0. The quantitative estimate of drug-likeness (QED) is 0.562. The van der Waals surface area contributed by atoms with Crippen molar-refractivity contribution < 1.29 is 19.1 Å². The molecule has 0 spiro atoms. The normalized spacial score (nSPS) is 11.0. The first-order chi connectivity index (χ1) is 10.8. The zero-order valence-electron chi connectivity index (χ0n) is 12.5. The van der Waals surface area contributed by atoms with E-state index in [1.807, 2.05) is 24.3 Å². The van der Waals surface area contributed by atoms with Gasteiger partial charge in [0, 0.05) is 0 Å². The van der Waals surface area contributed by atoms with Crippen LogP contribution >= 0.6 is 23.2 Å². The van der Waals surface area contributed by atoms with E-state index in [1.54, 1.807) is 24.3 Å². The van der Waals surface area contributed by atoms with E-state index in [9.17, 15) is 9.59 Å². The van der Waals surface area contributed by atoms with Crippen molar-refractivity contribution in [1.82, 2.24) is 0 Å². The Hall–Kier alpha value is -1.50. The zero-order valence-corrected chi connectivity index (χ0v) is 16.1. The Bertz CT molecular complexity index is 650. The van der Waals surface area contributed by atoms with E-state index < -0.39 is 24.1 Å². The van der Waals surface area contributed by atoms with E-state index in [0.29, 0.717) is 11.5 Å². The van der Waals surface area contributed by atoms with Crippen LogP contribution in [0, 0.1) is 0 Å². The molecule has 7 heteroatoms. The molecule has 2 rings (SSSR count). The molecule has 0 saturated heterocycles. The molecule has 0 N–H and O–H groups in total. The predicted molar refractivity (Wildman–Crippen MR) is 93.4 cm³/mol. The average Bonchev–Trinajstić information content (AvgIpc) is 2.47. The molecule has 0 aromatic heterocycles. The molecule has 0 fully saturated rings. The van der Waals surface area contributed by atoms with Crippen molar-refractivity contribution in [1.29, 1.82) is 0 Å². The Labute approximate surface area is 146 Å². The van der Waals surface area contributed by atoms with Crippen molar-refractivity contribution in [2.24, 2.45) is 0 Å². The molecule has 2 aromatic rings. The number of hydrogen-bond donors (Lipinski definition) is 0. The molecule has 0 radical (unpaired) electrons. The van der Waals surface area contributed by atoms with Crippen LogP contribution in [0.2, 0.25) is 11.5 Å². The maximum absolute atomic E-state index is 10.7. The number of carbonyl (C=O) groups excluding carboxylic acids is 2. The molecule has 0 atom stereocenters. The standard InChI is InChI=1S/C16H14Cl2GeO4/c1-19(2,11-3-7-13(8-4-11)22-15(17)20)12-5-9-14(10-6-12)23-16(18)21/h3-10H,1-2H3. The van der Waals surface area contributed by atoms with Gasteiger partial charge in [0.2, 0.25) is 0 Å². The Balaban J connectivity index is 2.23. The molecule has 0 aliphatic carbocycles. The van der Waals surface area contributed by atoms with Gasteiger partial charge < -0.3 is 0 Å². The molecule has 0 aliphatic heterocycles. The molecular weight excluding hydrogens is 400 g/mol. The van der Waals surface area contributed by atoms with Crippen LogP contribution < -0.4 is 18.3 Å². The number of carbonyl (C=O) groups is 2. The number of benzene rings is 2. The van der Waals surface area contributed by atoms with Crippen LogP contribution in [0.5, 0.6) is 11.5 Å². The van der Waals surface area contributed by atoms with Gasteiger partial charge in [-0.15, -0.1) is 0 Å². The summed E-state index contributed by atoms with van der Waals surface area (Å²) in [6, 6.07) is 14.7. The second-order valence-corrected chi connectivity index (χ2v) is 15.2. The average molecular weight is 414 g/mol. The Kier molecular flexibility index (Phi) is 5.73. The third-order valence-electron chi connectivity index (χ3n) is 3.55. The van der Waals surface area contributed by atoms with E-state index in [-0.39, 0.29) is 0 Å². The van der Waals surface area contributed by atoms with Gasteiger partial charge in [0.25, 0.3) is 0 Å². The fourth-order valence-electron chi connectivity index (χ4n) is 2.23. The zero-order chi connectivity index (χ0) is 17.0.